The molecule has 1 fully saturated rings. The van der Waals surface area contributed by atoms with Gasteiger partial charge in [-0.05, 0) is 18.9 Å². The second-order valence-electron chi connectivity index (χ2n) is 4.12. The number of nitrogens with two attached hydrogens (primary N) is 1. The number of alkyl halides is 1. The molecule has 1 heterocycles. The van der Waals surface area contributed by atoms with Gasteiger partial charge in [0.25, 0.3) is 0 Å². The minimum absolute atomic E-state index is 0.228. The largest absolute Gasteiger partial charge is 0.325 e. The van der Waals surface area contributed by atoms with E-state index in [0.717, 1.165) is 19.5 Å². The third-order valence-corrected chi connectivity index (χ3v) is 2.30. The maximum absolute atomic E-state index is 13.1. The molecule has 1 aliphatic heterocycles. The number of halogens is 1. The summed E-state index contributed by atoms with van der Waals surface area (Å²) in [4.78, 5) is 2.17. The van der Waals surface area contributed by atoms with E-state index >= 15 is 0 Å². The van der Waals surface area contributed by atoms with Gasteiger partial charge in [-0.25, -0.2) is 4.39 Å². The molecule has 0 spiro atoms. The molecule has 3 heteroatoms. The Morgan fingerprint density at radius 3 is 2.75 bits per heavy atom. The first-order chi connectivity index (χ1) is 5.59. The Bertz CT molecular complexity index is 138. The van der Waals surface area contributed by atoms with Crippen molar-refractivity contribution in [2.45, 2.75) is 32.5 Å². The van der Waals surface area contributed by atoms with Gasteiger partial charge < -0.3 is 10.6 Å². The second-order valence-corrected chi connectivity index (χ2v) is 4.12. The van der Waals surface area contributed by atoms with Gasteiger partial charge in [-0.3, -0.25) is 0 Å². The van der Waals surface area contributed by atoms with Gasteiger partial charge in [0.15, 0.2) is 0 Å². The Morgan fingerprint density at radius 1 is 1.58 bits per heavy atom. The van der Waals surface area contributed by atoms with Crippen molar-refractivity contribution in [1.29, 1.82) is 0 Å². The van der Waals surface area contributed by atoms with Gasteiger partial charge in [-0.1, -0.05) is 13.8 Å². The van der Waals surface area contributed by atoms with Crippen molar-refractivity contribution >= 4 is 0 Å². The Labute approximate surface area is 73.9 Å². The zero-order chi connectivity index (χ0) is 9.14. The van der Waals surface area contributed by atoms with Crippen LogP contribution in [0.1, 0.15) is 20.3 Å². The van der Waals surface area contributed by atoms with Crippen LogP contribution in [0, 0.1) is 5.92 Å². The van der Waals surface area contributed by atoms with Crippen molar-refractivity contribution in [3.8, 4) is 0 Å². The van der Waals surface area contributed by atoms with E-state index in [1.165, 1.54) is 0 Å². The van der Waals surface area contributed by atoms with Crippen molar-refractivity contribution in [3.63, 3.8) is 0 Å². The first-order valence-corrected chi connectivity index (χ1v) is 4.71. The number of likely N-dealkylation sites (tertiary alicyclic amines) is 1. The van der Waals surface area contributed by atoms with Crippen molar-refractivity contribution in [1.82, 2.24) is 4.90 Å². The summed E-state index contributed by atoms with van der Waals surface area (Å²) in [7, 11) is 0. The fourth-order valence-corrected chi connectivity index (χ4v) is 1.67. The fourth-order valence-electron chi connectivity index (χ4n) is 1.67. The molecular weight excluding hydrogens is 155 g/mol. The van der Waals surface area contributed by atoms with Crippen molar-refractivity contribution in [2.75, 3.05) is 19.6 Å². The van der Waals surface area contributed by atoms with Crippen LogP contribution in [-0.2, 0) is 0 Å². The Balaban J connectivity index is 2.30. The lowest BCUT2D eigenvalue weighted by Crippen LogP contribution is -2.49. The van der Waals surface area contributed by atoms with Gasteiger partial charge in [-0.15, -0.1) is 0 Å². The summed E-state index contributed by atoms with van der Waals surface area (Å²) < 4.78 is 13.1. The predicted molar refractivity (Wildman–Crippen MR) is 48.8 cm³/mol. The molecule has 0 aromatic carbocycles. The molecule has 0 aromatic rings. The van der Waals surface area contributed by atoms with Gasteiger partial charge in [0.1, 0.15) is 6.17 Å². The van der Waals surface area contributed by atoms with Crippen LogP contribution in [0.15, 0.2) is 0 Å². The van der Waals surface area contributed by atoms with Gasteiger partial charge in [-0.2, -0.15) is 0 Å². The molecule has 0 amide bonds. The fraction of sp³-hybridized carbons (Fsp3) is 1.00. The van der Waals surface area contributed by atoms with E-state index in [1.54, 1.807) is 0 Å². The average molecular weight is 174 g/mol. The Morgan fingerprint density at radius 2 is 2.25 bits per heavy atom. The van der Waals surface area contributed by atoms with Crippen molar-refractivity contribution < 1.29 is 4.39 Å². The van der Waals surface area contributed by atoms with Crippen LogP contribution in [0.5, 0.6) is 0 Å². The molecule has 72 valence electrons. The predicted octanol–water partition coefficient (Wildman–Crippen LogP) is 1.01. The van der Waals surface area contributed by atoms with E-state index in [-0.39, 0.29) is 6.04 Å². The third-order valence-electron chi connectivity index (χ3n) is 2.30. The summed E-state index contributed by atoms with van der Waals surface area (Å²) >= 11 is 0. The van der Waals surface area contributed by atoms with Crippen molar-refractivity contribution in [2.24, 2.45) is 11.7 Å². The van der Waals surface area contributed by atoms with Crippen LogP contribution in [-0.4, -0.2) is 36.7 Å². The number of hydrogen-bond donors (Lipinski definition) is 1. The van der Waals surface area contributed by atoms with Crippen LogP contribution in [0.3, 0.4) is 0 Å². The average Bonchev–Trinajstić information content (AvgIpc) is 1.96. The SMILES string of the molecule is CC(C)CN1CC[C@@H](N)[C@H](F)C1. The lowest BCUT2D eigenvalue weighted by Gasteiger charge is -2.33. The highest BCUT2D eigenvalue weighted by atomic mass is 19.1. The summed E-state index contributed by atoms with van der Waals surface area (Å²) in [5.74, 6) is 0.617. The molecule has 0 aromatic heterocycles. The number of hydrogen-bond acceptors (Lipinski definition) is 2. The summed E-state index contributed by atoms with van der Waals surface area (Å²) in [5, 5.41) is 0. The van der Waals surface area contributed by atoms with Crippen LogP contribution < -0.4 is 5.73 Å². The third kappa shape index (κ3) is 2.72. The summed E-state index contributed by atoms with van der Waals surface area (Å²) in [6.07, 6.45) is -0.0223. The maximum Gasteiger partial charge on any atom is 0.128 e. The molecule has 12 heavy (non-hydrogen) atoms. The maximum atomic E-state index is 13.1. The molecule has 2 atom stereocenters. The second kappa shape index (κ2) is 4.19. The Kier molecular flexibility index (Phi) is 3.47. The van der Waals surface area contributed by atoms with Crippen LogP contribution in [0.25, 0.3) is 0 Å². The zero-order valence-electron chi connectivity index (χ0n) is 7.96. The minimum Gasteiger partial charge on any atom is -0.325 e. The Hall–Kier alpha value is -0.150. The number of rotatable bonds is 2. The van der Waals surface area contributed by atoms with Gasteiger partial charge in [0.05, 0.1) is 0 Å². The van der Waals surface area contributed by atoms with Gasteiger partial charge in [0.2, 0.25) is 0 Å². The zero-order valence-corrected chi connectivity index (χ0v) is 7.96. The smallest absolute Gasteiger partial charge is 0.128 e. The van der Waals surface area contributed by atoms with Gasteiger partial charge >= 0.3 is 0 Å². The lowest BCUT2D eigenvalue weighted by atomic mass is 10.0. The lowest BCUT2D eigenvalue weighted by molar-refractivity contribution is 0.110. The molecule has 1 aliphatic rings. The highest BCUT2D eigenvalue weighted by Gasteiger charge is 2.26. The van der Waals surface area contributed by atoms with E-state index < -0.39 is 6.17 Å². The highest BCUT2D eigenvalue weighted by Crippen LogP contribution is 2.13. The molecule has 2 nitrogen and oxygen atoms in total. The van der Waals surface area contributed by atoms with E-state index in [4.69, 9.17) is 5.73 Å². The number of piperidine rings is 1. The van der Waals surface area contributed by atoms with Gasteiger partial charge in [0, 0.05) is 19.1 Å². The molecular formula is C9H19FN2. The minimum atomic E-state index is -0.822. The molecule has 0 unspecified atom stereocenters. The van der Waals surface area contributed by atoms with E-state index in [9.17, 15) is 4.39 Å². The van der Waals surface area contributed by atoms with Crippen LogP contribution >= 0.6 is 0 Å². The highest BCUT2D eigenvalue weighted by molar-refractivity contribution is 4.82. The summed E-state index contributed by atoms with van der Waals surface area (Å²) in [6, 6.07) is -0.228. The molecule has 1 rings (SSSR count). The molecule has 0 saturated carbocycles. The quantitative estimate of drug-likeness (QED) is 0.677. The van der Waals surface area contributed by atoms with E-state index in [1.807, 2.05) is 0 Å². The number of nitrogens with zero attached hydrogens (tertiary/aromatic N) is 1. The monoisotopic (exact) mass is 174 g/mol. The van der Waals surface area contributed by atoms with Crippen LogP contribution in [0.4, 0.5) is 4.39 Å². The van der Waals surface area contributed by atoms with Crippen LogP contribution in [0.2, 0.25) is 0 Å². The first-order valence-electron chi connectivity index (χ1n) is 4.71. The van der Waals surface area contributed by atoms with E-state index in [0.29, 0.717) is 12.5 Å². The molecule has 2 N–H and O–H groups in total. The molecule has 1 saturated heterocycles. The normalized spacial score (nSPS) is 32.8. The summed E-state index contributed by atoms with van der Waals surface area (Å²) in [6.45, 7) is 6.79. The standard InChI is InChI=1S/C9H19FN2/c1-7(2)5-12-4-3-9(11)8(10)6-12/h7-9H,3-6,11H2,1-2H3/t8-,9-/m1/s1. The summed E-state index contributed by atoms with van der Waals surface area (Å²) in [5.41, 5.74) is 5.57. The van der Waals surface area contributed by atoms with E-state index in [2.05, 4.69) is 18.7 Å². The topological polar surface area (TPSA) is 29.3 Å². The first kappa shape index (κ1) is 9.93. The molecule has 0 radical (unpaired) electrons. The molecule has 0 aliphatic carbocycles. The van der Waals surface area contributed by atoms with Crippen molar-refractivity contribution in [3.05, 3.63) is 0 Å². The molecule has 0 bridgehead atoms.